The van der Waals surface area contributed by atoms with Gasteiger partial charge in [-0.05, 0) is 26.0 Å². The number of hydrogen-bond acceptors (Lipinski definition) is 4. The number of Topliss-reactive ketones (excluding diaryl/α,β-unsaturated/α-hetero) is 2. The van der Waals surface area contributed by atoms with Crippen LogP contribution in [0.2, 0.25) is 0 Å². The summed E-state index contributed by atoms with van der Waals surface area (Å²) in [6, 6.07) is 0. The number of hydrogen-bond donors (Lipinski definition) is 0. The van der Waals surface area contributed by atoms with Crippen LogP contribution in [0.15, 0.2) is 45.5 Å². The van der Waals surface area contributed by atoms with E-state index in [0.29, 0.717) is 11.1 Å². The maximum Gasteiger partial charge on any atom is 0.215 e. The van der Waals surface area contributed by atoms with Gasteiger partial charge in [0.15, 0.2) is 17.3 Å². The fourth-order valence-corrected chi connectivity index (χ4v) is 1.91. The van der Waals surface area contributed by atoms with Gasteiger partial charge in [0.05, 0.1) is 10.1 Å². The summed E-state index contributed by atoms with van der Waals surface area (Å²) in [4.78, 5) is 43.0. The molecule has 0 fully saturated rings. The van der Waals surface area contributed by atoms with Crippen LogP contribution in [0.4, 0.5) is 0 Å². The van der Waals surface area contributed by atoms with Crippen molar-refractivity contribution in [2.75, 3.05) is 0 Å². The third-order valence-electron chi connectivity index (χ3n) is 2.41. The molecule has 0 aromatic rings. The highest BCUT2D eigenvalue weighted by Gasteiger charge is 2.17. The van der Waals surface area contributed by atoms with E-state index in [1.54, 1.807) is 13.8 Å². The van der Waals surface area contributed by atoms with E-state index in [2.05, 4.69) is 0 Å². The van der Waals surface area contributed by atoms with Crippen molar-refractivity contribution in [3.8, 4) is 0 Å². The fourth-order valence-electron chi connectivity index (χ4n) is 1.45. The van der Waals surface area contributed by atoms with Gasteiger partial charge in [-0.15, -0.1) is 0 Å². The Kier molecular flexibility index (Phi) is 5.36. The number of allylic oxidation sites excluding steroid dienone is 8. The predicted molar refractivity (Wildman–Crippen MR) is 75.4 cm³/mol. The van der Waals surface area contributed by atoms with Gasteiger partial charge >= 0.3 is 0 Å². The maximum absolute atomic E-state index is 11.0. The van der Waals surface area contributed by atoms with Gasteiger partial charge in [0.25, 0.3) is 0 Å². The minimum atomic E-state index is -0.497. The molecule has 0 saturated carbocycles. The Morgan fingerprint density at radius 2 is 1.00 bits per heavy atom. The van der Waals surface area contributed by atoms with E-state index in [1.807, 2.05) is 0 Å². The van der Waals surface area contributed by atoms with Gasteiger partial charge in [-0.1, -0.05) is 23.2 Å². The molecule has 0 amide bonds. The molecule has 0 aromatic carbocycles. The summed E-state index contributed by atoms with van der Waals surface area (Å²) in [5.74, 6) is -0.966. The Balaban J connectivity index is 0.000000200. The molecule has 0 radical (unpaired) electrons. The van der Waals surface area contributed by atoms with Crippen molar-refractivity contribution < 1.29 is 19.2 Å². The van der Waals surface area contributed by atoms with E-state index in [-0.39, 0.29) is 27.4 Å². The molecular weight excluding hydrogens is 303 g/mol. The highest BCUT2D eigenvalue weighted by atomic mass is 35.5. The zero-order valence-corrected chi connectivity index (χ0v) is 12.2. The normalized spacial score (nSPS) is 18.6. The van der Waals surface area contributed by atoms with Crippen LogP contribution in [0.25, 0.3) is 0 Å². The number of rotatable bonds is 0. The average molecular weight is 313 g/mol. The van der Waals surface area contributed by atoms with Gasteiger partial charge in [-0.25, -0.2) is 0 Å². The number of ketones is 4. The first-order valence-corrected chi connectivity index (χ1v) is 6.26. The summed E-state index contributed by atoms with van der Waals surface area (Å²) in [7, 11) is 0. The summed E-state index contributed by atoms with van der Waals surface area (Å²) in [5.41, 5.74) is 1.06. The van der Waals surface area contributed by atoms with Crippen LogP contribution in [0, 0.1) is 0 Å². The monoisotopic (exact) mass is 312 g/mol. The Bertz CT molecular complexity index is 530. The van der Waals surface area contributed by atoms with Crippen LogP contribution < -0.4 is 0 Å². The summed E-state index contributed by atoms with van der Waals surface area (Å²) >= 11 is 10.6. The van der Waals surface area contributed by atoms with Crippen LogP contribution >= 0.6 is 23.2 Å². The largest absolute Gasteiger partial charge is 0.290 e. The lowest BCUT2D eigenvalue weighted by molar-refractivity contribution is -0.115. The molecule has 0 aliphatic heterocycles. The molecule has 0 bridgehead atoms. The molecule has 0 unspecified atom stereocenters. The third kappa shape index (κ3) is 4.11. The van der Waals surface area contributed by atoms with Gasteiger partial charge in [0, 0.05) is 23.3 Å². The Labute approximate surface area is 125 Å². The first-order valence-electron chi connectivity index (χ1n) is 5.50. The van der Waals surface area contributed by atoms with Crippen molar-refractivity contribution in [1.82, 2.24) is 0 Å². The zero-order chi connectivity index (χ0) is 15.4. The lowest BCUT2D eigenvalue weighted by atomic mass is 9.99. The SMILES string of the molecule is CC1=CC(=O)C=C(C)C1=O.O=C1C=C(Cl)C(=O)C(Cl)=C1. The molecule has 0 heterocycles. The van der Waals surface area contributed by atoms with E-state index < -0.39 is 5.78 Å². The van der Waals surface area contributed by atoms with E-state index in [1.165, 1.54) is 12.2 Å². The minimum Gasteiger partial charge on any atom is -0.290 e. The summed E-state index contributed by atoms with van der Waals surface area (Å²) in [5, 5.41) is -0.255. The third-order valence-corrected chi connectivity index (χ3v) is 2.97. The van der Waals surface area contributed by atoms with Gasteiger partial charge in [0.1, 0.15) is 0 Å². The van der Waals surface area contributed by atoms with Crippen molar-refractivity contribution >= 4 is 46.3 Å². The van der Waals surface area contributed by atoms with E-state index in [4.69, 9.17) is 23.2 Å². The first kappa shape index (κ1) is 16.3. The molecule has 20 heavy (non-hydrogen) atoms. The first-order chi connectivity index (χ1) is 9.22. The molecule has 2 aliphatic carbocycles. The second kappa shape index (κ2) is 6.59. The van der Waals surface area contributed by atoms with Crippen LogP contribution in [-0.2, 0) is 19.2 Å². The lowest BCUT2D eigenvalue weighted by Crippen LogP contribution is -2.09. The fraction of sp³-hybridized carbons (Fsp3) is 0.143. The number of carbonyl (C=O) groups excluding carboxylic acids is 4. The molecule has 104 valence electrons. The highest BCUT2D eigenvalue weighted by Crippen LogP contribution is 2.18. The minimum absolute atomic E-state index is 0.0281. The second-order valence-electron chi connectivity index (χ2n) is 4.10. The van der Waals surface area contributed by atoms with Gasteiger partial charge < -0.3 is 0 Å². The molecule has 0 aromatic heterocycles. The topological polar surface area (TPSA) is 68.3 Å². The molecule has 0 N–H and O–H groups in total. The molecular formula is C14H10Cl2O4. The molecule has 2 aliphatic rings. The zero-order valence-electron chi connectivity index (χ0n) is 10.7. The van der Waals surface area contributed by atoms with Crippen LogP contribution in [-0.4, -0.2) is 23.1 Å². The number of carbonyl (C=O) groups is 4. The van der Waals surface area contributed by atoms with Crippen molar-refractivity contribution in [3.05, 3.63) is 45.5 Å². The maximum atomic E-state index is 11.0. The molecule has 0 atom stereocenters. The molecule has 2 rings (SSSR count). The van der Waals surface area contributed by atoms with Gasteiger partial charge in [0.2, 0.25) is 5.78 Å². The Morgan fingerprint density at radius 1 is 0.650 bits per heavy atom. The highest BCUT2D eigenvalue weighted by molar-refractivity contribution is 6.57. The quantitative estimate of drug-likeness (QED) is 0.644. The smallest absolute Gasteiger partial charge is 0.215 e. The summed E-state index contributed by atoms with van der Waals surface area (Å²) in [6.45, 7) is 3.30. The Hall–Kier alpha value is -1.78. The van der Waals surface area contributed by atoms with Crippen molar-refractivity contribution in [1.29, 1.82) is 0 Å². The molecule has 0 spiro atoms. The van der Waals surface area contributed by atoms with E-state index in [0.717, 1.165) is 12.2 Å². The molecule has 4 nitrogen and oxygen atoms in total. The van der Waals surface area contributed by atoms with E-state index in [9.17, 15) is 19.2 Å². The predicted octanol–water partition coefficient (Wildman–Crippen LogP) is 2.41. The van der Waals surface area contributed by atoms with E-state index >= 15 is 0 Å². The second-order valence-corrected chi connectivity index (χ2v) is 4.92. The standard InChI is InChI=1S/C8H8O2.C6H2Cl2O2/c1-5-3-7(9)4-6(2)8(5)10;7-4-1-3(9)2-5(8)6(4)10/h3-4H,1-2H3;1-2H. The van der Waals surface area contributed by atoms with Crippen LogP contribution in [0.1, 0.15) is 13.8 Å². The Morgan fingerprint density at radius 3 is 1.40 bits per heavy atom. The van der Waals surface area contributed by atoms with Crippen molar-refractivity contribution in [2.45, 2.75) is 13.8 Å². The molecule has 6 heteroatoms. The van der Waals surface area contributed by atoms with Gasteiger partial charge in [-0.2, -0.15) is 0 Å². The van der Waals surface area contributed by atoms with Crippen LogP contribution in [0.3, 0.4) is 0 Å². The lowest BCUT2D eigenvalue weighted by Gasteiger charge is -2.04. The van der Waals surface area contributed by atoms with Crippen molar-refractivity contribution in [2.24, 2.45) is 0 Å². The number of halogens is 2. The summed E-state index contributed by atoms with van der Waals surface area (Å²) < 4.78 is 0. The van der Waals surface area contributed by atoms with Crippen LogP contribution in [0.5, 0.6) is 0 Å². The van der Waals surface area contributed by atoms with Gasteiger partial charge in [-0.3, -0.25) is 19.2 Å². The molecule has 0 saturated heterocycles. The van der Waals surface area contributed by atoms with Crippen molar-refractivity contribution in [3.63, 3.8) is 0 Å². The summed E-state index contributed by atoms with van der Waals surface area (Å²) in [6.07, 6.45) is 4.79. The average Bonchev–Trinajstić information content (AvgIpc) is 2.33.